The highest BCUT2D eigenvalue weighted by atomic mass is 16.5. The minimum atomic E-state index is 0.0114. The fourth-order valence-corrected chi connectivity index (χ4v) is 3.71. The van der Waals surface area contributed by atoms with E-state index < -0.39 is 0 Å². The lowest BCUT2D eigenvalue weighted by Crippen LogP contribution is -2.49. The summed E-state index contributed by atoms with van der Waals surface area (Å²) in [5.74, 6) is 1.65. The summed E-state index contributed by atoms with van der Waals surface area (Å²) < 4.78 is 5.41. The summed E-state index contributed by atoms with van der Waals surface area (Å²) in [5.41, 5.74) is 3.68. The molecule has 0 spiro atoms. The Morgan fingerprint density at radius 1 is 1.16 bits per heavy atom. The van der Waals surface area contributed by atoms with Crippen LogP contribution in [0.25, 0.3) is 11.4 Å². The fraction of sp³-hybridized carbons (Fsp3) is 0.478. The molecule has 4 rings (SSSR count). The molecule has 164 valence electrons. The molecule has 1 aromatic carbocycles. The van der Waals surface area contributed by atoms with Gasteiger partial charge in [0.15, 0.2) is 0 Å². The lowest BCUT2D eigenvalue weighted by atomic mass is 10.1. The summed E-state index contributed by atoms with van der Waals surface area (Å²) in [4.78, 5) is 21.5. The maximum Gasteiger partial charge on any atom is 0.274 e. The molecule has 1 saturated heterocycles. The molecule has 1 aliphatic rings. The molecule has 0 unspecified atom stereocenters. The van der Waals surface area contributed by atoms with Crippen LogP contribution in [0.1, 0.15) is 53.8 Å². The first-order valence-electron chi connectivity index (χ1n) is 11.0. The largest absolute Gasteiger partial charge is 0.339 e. The van der Waals surface area contributed by atoms with Gasteiger partial charge in [0.05, 0.1) is 0 Å². The number of nitrogens with zero attached hydrogens (tertiary/aromatic N) is 5. The fourth-order valence-electron chi connectivity index (χ4n) is 3.71. The monoisotopic (exact) mass is 422 g/mol. The van der Waals surface area contributed by atoms with E-state index in [4.69, 9.17) is 4.52 Å². The molecule has 0 saturated carbocycles. The predicted molar refractivity (Wildman–Crippen MR) is 118 cm³/mol. The second kappa shape index (κ2) is 9.43. The van der Waals surface area contributed by atoms with Gasteiger partial charge in [0.25, 0.3) is 5.91 Å². The van der Waals surface area contributed by atoms with Crippen LogP contribution in [0.4, 0.5) is 0 Å². The minimum absolute atomic E-state index is 0.0114. The van der Waals surface area contributed by atoms with E-state index in [1.54, 1.807) is 0 Å². The molecule has 1 amide bonds. The van der Waals surface area contributed by atoms with Crippen LogP contribution >= 0.6 is 0 Å². The highest BCUT2D eigenvalue weighted by Crippen LogP contribution is 2.17. The molecule has 2 aromatic heterocycles. The van der Waals surface area contributed by atoms with Gasteiger partial charge in [0, 0.05) is 43.9 Å². The average Bonchev–Trinajstić information content (AvgIpc) is 3.45. The van der Waals surface area contributed by atoms with Crippen LogP contribution in [0.5, 0.6) is 0 Å². The standard InChI is InChI=1S/C23H30N6O2/c1-16(2)19-15-20(26-25-19)23(30)29-13-11-28(12-14-29)10-4-5-21-24-22(27-31-21)18-8-6-17(3)7-9-18/h6-9,15-16H,4-5,10-14H2,1-3H3,(H,25,26). The highest BCUT2D eigenvalue weighted by Gasteiger charge is 2.24. The number of aromatic amines is 1. The van der Waals surface area contributed by atoms with Crippen molar-refractivity contribution >= 4 is 5.91 Å². The first-order valence-corrected chi connectivity index (χ1v) is 11.0. The van der Waals surface area contributed by atoms with Crippen LogP contribution in [0.2, 0.25) is 0 Å². The summed E-state index contributed by atoms with van der Waals surface area (Å²) in [6, 6.07) is 9.99. The third-order valence-electron chi connectivity index (χ3n) is 5.74. The molecule has 31 heavy (non-hydrogen) atoms. The van der Waals surface area contributed by atoms with E-state index in [2.05, 4.69) is 46.0 Å². The number of hydrogen-bond donors (Lipinski definition) is 1. The Hall–Kier alpha value is -3.00. The molecule has 0 radical (unpaired) electrons. The molecule has 1 aliphatic heterocycles. The molecule has 0 aliphatic carbocycles. The number of hydrogen-bond acceptors (Lipinski definition) is 6. The van der Waals surface area contributed by atoms with Gasteiger partial charge in [0.1, 0.15) is 5.69 Å². The van der Waals surface area contributed by atoms with Gasteiger partial charge in [-0.2, -0.15) is 10.1 Å². The van der Waals surface area contributed by atoms with Crippen LogP contribution in [-0.4, -0.2) is 68.8 Å². The predicted octanol–water partition coefficient (Wildman–Crippen LogP) is 3.28. The van der Waals surface area contributed by atoms with Crippen molar-refractivity contribution in [3.63, 3.8) is 0 Å². The Bertz CT molecular complexity index is 999. The number of amides is 1. The number of H-pyrrole nitrogens is 1. The van der Waals surface area contributed by atoms with E-state index in [-0.39, 0.29) is 5.91 Å². The second-order valence-corrected chi connectivity index (χ2v) is 8.48. The van der Waals surface area contributed by atoms with Gasteiger partial charge in [-0.25, -0.2) is 0 Å². The quantitative estimate of drug-likeness (QED) is 0.628. The number of aryl methyl sites for hydroxylation is 2. The molecule has 3 heterocycles. The number of aromatic nitrogens is 4. The minimum Gasteiger partial charge on any atom is -0.339 e. The summed E-state index contributed by atoms with van der Waals surface area (Å²) >= 11 is 0. The van der Waals surface area contributed by atoms with Crippen LogP contribution in [-0.2, 0) is 6.42 Å². The Balaban J connectivity index is 1.21. The number of carbonyl (C=O) groups is 1. The molecular weight excluding hydrogens is 392 g/mol. The summed E-state index contributed by atoms with van der Waals surface area (Å²) in [6.45, 7) is 10.3. The van der Waals surface area contributed by atoms with Gasteiger partial charge in [0.2, 0.25) is 11.7 Å². The number of carbonyl (C=O) groups excluding carboxylic acids is 1. The van der Waals surface area contributed by atoms with Gasteiger partial charge in [-0.3, -0.25) is 14.8 Å². The van der Waals surface area contributed by atoms with Gasteiger partial charge < -0.3 is 9.42 Å². The average molecular weight is 423 g/mol. The van der Waals surface area contributed by atoms with E-state index in [0.29, 0.717) is 23.3 Å². The van der Waals surface area contributed by atoms with Crippen molar-refractivity contribution in [3.8, 4) is 11.4 Å². The van der Waals surface area contributed by atoms with Gasteiger partial charge in [-0.05, 0) is 31.9 Å². The van der Waals surface area contributed by atoms with E-state index in [9.17, 15) is 4.79 Å². The van der Waals surface area contributed by atoms with Crippen LogP contribution in [0, 0.1) is 6.92 Å². The van der Waals surface area contributed by atoms with Gasteiger partial charge in [-0.1, -0.05) is 48.8 Å². The number of benzene rings is 1. The molecular formula is C23H30N6O2. The Kier molecular flexibility index (Phi) is 6.46. The van der Waals surface area contributed by atoms with Crippen molar-refractivity contribution in [2.24, 2.45) is 0 Å². The summed E-state index contributed by atoms with van der Waals surface area (Å²) in [7, 11) is 0. The van der Waals surface area contributed by atoms with E-state index in [1.807, 2.05) is 35.2 Å². The topological polar surface area (TPSA) is 91.2 Å². The highest BCUT2D eigenvalue weighted by molar-refractivity contribution is 5.92. The van der Waals surface area contributed by atoms with Gasteiger partial charge in [-0.15, -0.1) is 0 Å². The molecule has 8 heteroatoms. The van der Waals surface area contributed by atoms with E-state index in [1.165, 1.54) is 5.56 Å². The van der Waals surface area contributed by atoms with Crippen LogP contribution in [0.3, 0.4) is 0 Å². The summed E-state index contributed by atoms with van der Waals surface area (Å²) in [6.07, 6.45) is 1.70. The zero-order valence-electron chi connectivity index (χ0n) is 18.5. The first kappa shape index (κ1) is 21.2. The lowest BCUT2D eigenvalue weighted by molar-refractivity contribution is 0.0630. The van der Waals surface area contributed by atoms with Crippen LogP contribution in [0.15, 0.2) is 34.9 Å². The Labute approximate surface area is 182 Å². The van der Waals surface area contributed by atoms with Crippen molar-refractivity contribution in [2.45, 2.75) is 39.5 Å². The molecule has 0 bridgehead atoms. The molecule has 1 N–H and O–H groups in total. The van der Waals surface area contributed by atoms with E-state index in [0.717, 1.165) is 56.8 Å². The van der Waals surface area contributed by atoms with E-state index >= 15 is 0 Å². The van der Waals surface area contributed by atoms with Crippen molar-refractivity contribution in [3.05, 3.63) is 53.2 Å². The SMILES string of the molecule is Cc1ccc(-c2noc(CCCN3CCN(C(=O)c4cc(C(C)C)[nH]n4)CC3)n2)cc1. The molecule has 0 atom stereocenters. The maximum absolute atomic E-state index is 12.7. The molecule has 3 aromatic rings. The lowest BCUT2D eigenvalue weighted by Gasteiger charge is -2.34. The number of rotatable bonds is 7. The third-order valence-corrected chi connectivity index (χ3v) is 5.74. The van der Waals surface area contributed by atoms with Gasteiger partial charge >= 0.3 is 0 Å². The van der Waals surface area contributed by atoms with Crippen molar-refractivity contribution in [1.82, 2.24) is 30.1 Å². The van der Waals surface area contributed by atoms with Crippen molar-refractivity contribution in [2.75, 3.05) is 32.7 Å². The first-order chi connectivity index (χ1) is 15.0. The molecule has 1 fully saturated rings. The van der Waals surface area contributed by atoms with Crippen molar-refractivity contribution < 1.29 is 9.32 Å². The normalized spacial score (nSPS) is 15.0. The molecule has 8 nitrogen and oxygen atoms in total. The Morgan fingerprint density at radius 2 is 1.90 bits per heavy atom. The maximum atomic E-state index is 12.7. The smallest absolute Gasteiger partial charge is 0.274 e. The van der Waals surface area contributed by atoms with Crippen LogP contribution < -0.4 is 0 Å². The third kappa shape index (κ3) is 5.19. The Morgan fingerprint density at radius 3 is 2.58 bits per heavy atom. The number of piperazine rings is 1. The summed E-state index contributed by atoms with van der Waals surface area (Å²) in [5, 5.41) is 11.3. The zero-order valence-corrected chi connectivity index (χ0v) is 18.5. The second-order valence-electron chi connectivity index (χ2n) is 8.48. The zero-order chi connectivity index (χ0) is 21.8. The van der Waals surface area contributed by atoms with Crippen molar-refractivity contribution in [1.29, 1.82) is 0 Å². The number of nitrogens with one attached hydrogen (secondary N) is 1.